The molecule has 0 amide bonds. The lowest BCUT2D eigenvalue weighted by molar-refractivity contribution is 0.0698. The van der Waals surface area contributed by atoms with Crippen LogP contribution in [0.2, 0.25) is 0 Å². The topological polar surface area (TPSA) is 86.7 Å². The number of rotatable bonds is 3. The summed E-state index contributed by atoms with van der Waals surface area (Å²) in [5, 5.41) is 25.0. The van der Waals surface area contributed by atoms with Crippen molar-refractivity contribution in [1.82, 2.24) is 0 Å². The highest BCUT2D eigenvalue weighted by Gasteiger charge is 2.20. The van der Waals surface area contributed by atoms with E-state index in [0.717, 1.165) is 5.46 Å². The van der Waals surface area contributed by atoms with E-state index in [-0.39, 0.29) is 5.82 Å². The van der Waals surface area contributed by atoms with Crippen molar-refractivity contribution in [2.75, 3.05) is 19.8 Å². The number of aliphatic hydroxyl groups excluding tert-OH is 3. The van der Waals surface area contributed by atoms with Crippen LogP contribution in [0.1, 0.15) is 0 Å². The lowest BCUT2D eigenvalue weighted by atomic mass is 9.97. The molecule has 0 aliphatic heterocycles. The fourth-order valence-corrected chi connectivity index (χ4v) is 0.683. The minimum Gasteiger partial charge on any atom is -0.394 e. The van der Waals surface area contributed by atoms with E-state index in [4.69, 9.17) is 21.1 Å². The lowest BCUT2D eigenvalue weighted by Gasteiger charge is -2.20. The van der Waals surface area contributed by atoms with Gasteiger partial charge in [0.1, 0.15) is 13.7 Å². The third kappa shape index (κ3) is 5.82. The monoisotopic (exact) mass is 229 g/mol. The zero-order valence-electron chi connectivity index (χ0n) is 9.23. The highest BCUT2D eigenvalue weighted by molar-refractivity contribution is 6.32. The summed E-state index contributed by atoms with van der Waals surface area (Å²) >= 11 is 0. The van der Waals surface area contributed by atoms with Gasteiger partial charge in [-0.25, -0.2) is 4.39 Å². The van der Waals surface area contributed by atoms with Gasteiger partial charge >= 0.3 is 0 Å². The predicted molar refractivity (Wildman–Crippen MR) is 62.8 cm³/mol. The highest BCUT2D eigenvalue weighted by atomic mass is 19.1. The first-order chi connectivity index (χ1) is 7.47. The molecule has 0 fully saturated rings. The van der Waals surface area contributed by atoms with Crippen LogP contribution in [-0.2, 0) is 0 Å². The van der Waals surface area contributed by atoms with Gasteiger partial charge in [-0.3, -0.25) is 0 Å². The SMILES string of the molecule is Bc1ccc(F)cc1.NC(CO)(CO)CO. The maximum absolute atomic E-state index is 12.1. The van der Waals surface area contributed by atoms with Gasteiger partial charge in [0.05, 0.1) is 25.4 Å². The van der Waals surface area contributed by atoms with Gasteiger partial charge in [0.25, 0.3) is 0 Å². The van der Waals surface area contributed by atoms with Gasteiger partial charge in [-0.05, 0) is 12.1 Å². The van der Waals surface area contributed by atoms with E-state index in [1.54, 1.807) is 12.1 Å². The Hall–Kier alpha value is -0.945. The molecule has 1 aromatic rings. The Labute approximate surface area is 94.9 Å². The molecule has 90 valence electrons. The smallest absolute Gasteiger partial charge is 0.139 e. The van der Waals surface area contributed by atoms with Gasteiger partial charge in [0.2, 0.25) is 0 Å². The molecule has 5 N–H and O–H groups in total. The highest BCUT2D eigenvalue weighted by Crippen LogP contribution is 1.93. The first-order valence-corrected chi connectivity index (χ1v) is 4.81. The van der Waals surface area contributed by atoms with Crippen LogP contribution in [0.5, 0.6) is 0 Å². The average molecular weight is 229 g/mol. The number of hydrogen-bond donors (Lipinski definition) is 4. The van der Waals surface area contributed by atoms with Crippen molar-refractivity contribution >= 4 is 13.3 Å². The Morgan fingerprint density at radius 2 is 1.44 bits per heavy atom. The largest absolute Gasteiger partial charge is 0.394 e. The molecule has 0 saturated heterocycles. The Morgan fingerprint density at radius 3 is 1.62 bits per heavy atom. The molecule has 0 bridgehead atoms. The van der Waals surface area contributed by atoms with E-state index in [1.807, 2.05) is 7.85 Å². The molecule has 0 heterocycles. The summed E-state index contributed by atoms with van der Waals surface area (Å²) in [6.45, 7) is -1.21. The number of benzene rings is 1. The zero-order valence-corrected chi connectivity index (χ0v) is 9.23. The van der Waals surface area contributed by atoms with Crippen LogP contribution in [0, 0.1) is 5.82 Å². The fourth-order valence-electron chi connectivity index (χ4n) is 0.683. The maximum Gasteiger partial charge on any atom is 0.139 e. The van der Waals surface area contributed by atoms with Crippen LogP contribution >= 0.6 is 0 Å². The third-order valence-corrected chi connectivity index (χ3v) is 1.96. The van der Waals surface area contributed by atoms with Gasteiger partial charge < -0.3 is 21.1 Å². The maximum atomic E-state index is 12.1. The summed E-state index contributed by atoms with van der Waals surface area (Å²) in [5.74, 6) is -0.171. The van der Waals surface area contributed by atoms with Crippen LogP contribution in [0.15, 0.2) is 24.3 Å². The molecule has 0 saturated carbocycles. The quantitative estimate of drug-likeness (QED) is 0.441. The molecule has 0 aliphatic rings. The summed E-state index contributed by atoms with van der Waals surface area (Å²) < 4.78 is 12.1. The van der Waals surface area contributed by atoms with Crippen LogP contribution in [-0.4, -0.2) is 48.5 Å². The normalized spacial score (nSPS) is 10.6. The summed E-state index contributed by atoms with van der Waals surface area (Å²) in [7, 11) is 1.93. The van der Waals surface area contributed by atoms with Crippen molar-refractivity contribution in [3.8, 4) is 0 Å². The van der Waals surface area contributed by atoms with Crippen molar-refractivity contribution in [3.05, 3.63) is 30.1 Å². The second kappa shape index (κ2) is 7.35. The van der Waals surface area contributed by atoms with Crippen molar-refractivity contribution in [2.24, 2.45) is 5.73 Å². The molecule has 1 rings (SSSR count). The van der Waals surface area contributed by atoms with Crippen molar-refractivity contribution in [2.45, 2.75) is 5.54 Å². The third-order valence-electron chi connectivity index (χ3n) is 1.96. The van der Waals surface area contributed by atoms with Gasteiger partial charge in [0.15, 0.2) is 0 Å². The number of nitrogens with two attached hydrogens (primary N) is 1. The molecule has 0 atom stereocenters. The van der Waals surface area contributed by atoms with Gasteiger partial charge in [0, 0.05) is 0 Å². The Balaban J connectivity index is 0.000000281. The number of halogens is 1. The molecule has 0 radical (unpaired) electrons. The molecule has 0 aromatic heterocycles. The summed E-state index contributed by atoms with van der Waals surface area (Å²) in [6.07, 6.45) is 0. The molecule has 0 spiro atoms. The van der Waals surface area contributed by atoms with E-state index in [0.29, 0.717) is 0 Å². The van der Waals surface area contributed by atoms with Gasteiger partial charge in [-0.1, -0.05) is 17.6 Å². The lowest BCUT2D eigenvalue weighted by Crippen LogP contribution is -2.50. The van der Waals surface area contributed by atoms with Crippen molar-refractivity contribution in [3.63, 3.8) is 0 Å². The van der Waals surface area contributed by atoms with E-state index in [9.17, 15) is 4.39 Å². The van der Waals surface area contributed by atoms with E-state index in [1.165, 1.54) is 12.1 Å². The van der Waals surface area contributed by atoms with Crippen molar-refractivity contribution in [1.29, 1.82) is 0 Å². The van der Waals surface area contributed by atoms with E-state index in [2.05, 4.69) is 0 Å². The second-order valence-corrected chi connectivity index (χ2v) is 3.63. The van der Waals surface area contributed by atoms with E-state index >= 15 is 0 Å². The molecule has 16 heavy (non-hydrogen) atoms. The average Bonchev–Trinajstić information content (AvgIpc) is 2.33. The first-order valence-electron chi connectivity index (χ1n) is 4.81. The standard InChI is InChI=1S/C6H6BF.C4H11NO3/c7-5-1-3-6(8)4-2-5;5-4(1-6,2-7)3-8/h1-4H,7H2;6-8H,1-3,5H2. The van der Waals surface area contributed by atoms with Gasteiger partial charge in [-0.15, -0.1) is 0 Å². The Bertz CT molecular complexity index is 261. The predicted octanol–water partition coefficient (Wildman–Crippen LogP) is -2.26. The number of aliphatic hydroxyl groups is 3. The van der Waals surface area contributed by atoms with E-state index < -0.39 is 25.4 Å². The minimum absolute atomic E-state index is 0.171. The molecular weight excluding hydrogens is 212 g/mol. The molecule has 0 unspecified atom stereocenters. The molecule has 4 nitrogen and oxygen atoms in total. The molecule has 6 heteroatoms. The molecular formula is C10H17BFNO3. The number of hydrogen-bond acceptors (Lipinski definition) is 4. The van der Waals surface area contributed by atoms with Gasteiger partial charge in [-0.2, -0.15) is 0 Å². The van der Waals surface area contributed by atoms with Crippen molar-refractivity contribution < 1.29 is 19.7 Å². The minimum atomic E-state index is -1.21. The van der Waals surface area contributed by atoms with Crippen LogP contribution < -0.4 is 11.2 Å². The summed E-state index contributed by atoms with van der Waals surface area (Å²) in [6, 6.07) is 6.40. The fraction of sp³-hybridized carbons (Fsp3) is 0.400. The van der Waals surface area contributed by atoms with Crippen LogP contribution in [0.3, 0.4) is 0 Å². The molecule has 0 aliphatic carbocycles. The summed E-state index contributed by atoms with van der Waals surface area (Å²) in [5.41, 5.74) is 5.03. The van der Waals surface area contributed by atoms with Crippen LogP contribution in [0.25, 0.3) is 0 Å². The van der Waals surface area contributed by atoms with Crippen LogP contribution in [0.4, 0.5) is 4.39 Å². The first kappa shape index (κ1) is 15.1. The zero-order chi connectivity index (χ0) is 12.6. The summed E-state index contributed by atoms with van der Waals surface area (Å²) in [4.78, 5) is 0. The Morgan fingerprint density at radius 1 is 1.06 bits per heavy atom. The Kier molecular flexibility index (Phi) is 6.91. The molecule has 1 aromatic carbocycles. The second-order valence-electron chi connectivity index (χ2n) is 3.63.